The topological polar surface area (TPSA) is 38.0 Å². The van der Waals surface area contributed by atoms with E-state index in [1.165, 1.54) is 0 Å². The number of halogens is 1. The molecule has 0 saturated carbocycles. The van der Waals surface area contributed by atoms with Crippen molar-refractivity contribution < 1.29 is 0 Å². The van der Waals surface area contributed by atoms with E-state index in [2.05, 4.69) is 11.4 Å². The Morgan fingerprint density at radius 3 is 2.86 bits per heavy atom. The third-order valence-electron chi connectivity index (χ3n) is 1.81. The standard InChI is InChI=1S/C11H15ClN2/c1-14-5-3-2-4-9-6-10(12)8-11(13)7-9/h2,4,6-8,14H,3,5,13H2,1H3. The van der Waals surface area contributed by atoms with Gasteiger partial charge >= 0.3 is 0 Å². The van der Waals surface area contributed by atoms with Crippen molar-refractivity contribution in [2.75, 3.05) is 19.3 Å². The minimum Gasteiger partial charge on any atom is -0.399 e. The Morgan fingerprint density at radius 1 is 1.43 bits per heavy atom. The van der Waals surface area contributed by atoms with Crippen LogP contribution in [-0.4, -0.2) is 13.6 Å². The molecule has 0 fully saturated rings. The largest absolute Gasteiger partial charge is 0.399 e. The molecule has 76 valence electrons. The number of rotatable bonds is 4. The molecular weight excluding hydrogens is 196 g/mol. The lowest BCUT2D eigenvalue weighted by Gasteiger charge is -1.98. The van der Waals surface area contributed by atoms with Crippen LogP contribution in [0.4, 0.5) is 5.69 Å². The second-order valence-electron chi connectivity index (χ2n) is 3.11. The van der Waals surface area contributed by atoms with Gasteiger partial charge in [-0.2, -0.15) is 0 Å². The van der Waals surface area contributed by atoms with E-state index in [0.717, 1.165) is 18.5 Å². The lowest BCUT2D eigenvalue weighted by Crippen LogP contribution is -2.05. The fourth-order valence-electron chi connectivity index (χ4n) is 1.18. The highest BCUT2D eigenvalue weighted by Crippen LogP contribution is 2.17. The first kappa shape index (κ1) is 11.1. The van der Waals surface area contributed by atoms with Crippen LogP contribution in [0.2, 0.25) is 5.02 Å². The zero-order valence-electron chi connectivity index (χ0n) is 8.26. The van der Waals surface area contributed by atoms with Crippen LogP contribution >= 0.6 is 11.6 Å². The first-order chi connectivity index (χ1) is 6.72. The van der Waals surface area contributed by atoms with Gasteiger partial charge in [-0.1, -0.05) is 23.8 Å². The normalized spacial score (nSPS) is 11.0. The van der Waals surface area contributed by atoms with Gasteiger partial charge in [-0.15, -0.1) is 0 Å². The van der Waals surface area contributed by atoms with Crippen molar-refractivity contribution >= 4 is 23.4 Å². The van der Waals surface area contributed by atoms with E-state index in [1.807, 2.05) is 25.3 Å². The van der Waals surface area contributed by atoms with Crippen LogP contribution in [0, 0.1) is 0 Å². The Hall–Kier alpha value is -0.990. The summed E-state index contributed by atoms with van der Waals surface area (Å²) in [6.45, 7) is 0.979. The zero-order valence-corrected chi connectivity index (χ0v) is 9.01. The highest BCUT2D eigenvalue weighted by atomic mass is 35.5. The van der Waals surface area contributed by atoms with Crippen molar-refractivity contribution in [2.24, 2.45) is 0 Å². The SMILES string of the molecule is CNCCC=Cc1cc(N)cc(Cl)c1. The molecule has 1 rings (SSSR count). The second kappa shape index (κ2) is 5.68. The van der Waals surface area contributed by atoms with Crippen LogP contribution in [-0.2, 0) is 0 Å². The number of nitrogens with one attached hydrogen (secondary N) is 1. The summed E-state index contributed by atoms with van der Waals surface area (Å²) in [5.74, 6) is 0. The summed E-state index contributed by atoms with van der Waals surface area (Å²) < 4.78 is 0. The molecule has 3 N–H and O–H groups in total. The first-order valence-corrected chi connectivity index (χ1v) is 4.97. The minimum atomic E-state index is 0.679. The van der Waals surface area contributed by atoms with Crippen LogP contribution in [0.1, 0.15) is 12.0 Å². The van der Waals surface area contributed by atoms with Gasteiger partial charge in [0.15, 0.2) is 0 Å². The summed E-state index contributed by atoms with van der Waals surface area (Å²) in [6.07, 6.45) is 5.13. The van der Waals surface area contributed by atoms with Crippen LogP contribution in [0.3, 0.4) is 0 Å². The maximum atomic E-state index is 5.86. The molecule has 0 aliphatic carbocycles. The quantitative estimate of drug-likeness (QED) is 0.592. The molecule has 0 radical (unpaired) electrons. The number of anilines is 1. The smallest absolute Gasteiger partial charge is 0.0432 e. The molecular formula is C11H15ClN2. The van der Waals surface area contributed by atoms with Crippen molar-refractivity contribution in [3.63, 3.8) is 0 Å². The van der Waals surface area contributed by atoms with Crippen molar-refractivity contribution in [2.45, 2.75) is 6.42 Å². The van der Waals surface area contributed by atoms with Crippen molar-refractivity contribution in [1.82, 2.24) is 5.32 Å². The molecule has 14 heavy (non-hydrogen) atoms. The minimum absolute atomic E-state index is 0.679. The predicted molar refractivity (Wildman–Crippen MR) is 63.4 cm³/mol. The van der Waals surface area contributed by atoms with Gasteiger partial charge in [0.1, 0.15) is 0 Å². The van der Waals surface area contributed by atoms with E-state index < -0.39 is 0 Å². The van der Waals surface area contributed by atoms with E-state index in [1.54, 1.807) is 6.07 Å². The number of benzene rings is 1. The van der Waals surface area contributed by atoms with E-state index in [0.29, 0.717) is 10.7 Å². The molecule has 0 heterocycles. The Labute approximate surface area is 89.8 Å². The summed E-state index contributed by atoms with van der Waals surface area (Å²) in [5.41, 5.74) is 7.41. The summed E-state index contributed by atoms with van der Waals surface area (Å²) in [4.78, 5) is 0. The van der Waals surface area contributed by atoms with Crippen molar-refractivity contribution in [3.8, 4) is 0 Å². The molecule has 0 aliphatic rings. The van der Waals surface area contributed by atoms with Gasteiger partial charge in [0.25, 0.3) is 0 Å². The predicted octanol–water partition coefficient (Wildman–Crippen LogP) is 2.54. The number of nitrogens with two attached hydrogens (primary N) is 1. The maximum Gasteiger partial charge on any atom is 0.0432 e. The lowest BCUT2D eigenvalue weighted by atomic mass is 10.2. The van der Waals surface area contributed by atoms with Gasteiger partial charge in [0, 0.05) is 10.7 Å². The third-order valence-corrected chi connectivity index (χ3v) is 2.03. The van der Waals surface area contributed by atoms with Gasteiger partial charge in [-0.3, -0.25) is 0 Å². The zero-order chi connectivity index (χ0) is 10.4. The Morgan fingerprint density at radius 2 is 2.21 bits per heavy atom. The van der Waals surface area contributed by atoms with Crippen LogP contribution in [0.25, 0.3) is 6.08 Å². The molecule has 1 aromatic carbocycles. The average Bonchev–Trinajstić information content (AvgIpc) is 2.11. The molecule has 3 heteroatoms. The Balaban J connectivity index is 2.62. The van der Waals surface area contributed by atoms with E-state index in [-0.39, 0.29) is 0 Å². The molecule has 1 aromatic rings. The lowest BCUT2D eigenvalue weighted by molar-refractivity contribution is 0.809. The average molecular weight is 211 g/mol. The van der Waals surface area contributed by atoms with Gasteiger partial charge in [-0.25, -0.2) is 0 Å². The third kappa shape index (κ3) is 3.81. The molecule has 0 amide bonds. The molecule has 0 aromatic heterocycles. The first-order valence-electron chi connectivity index (χ1n) is 4.59. The summed E-state index contributed by atoms with van der Waals surface area (Å²) >= 11 is 5.86. The fraction of sp³-hybridized carbons (Fsp3) is 0.273. The maximum absolute atomic E-state index is 5.86. The van der Waals surface area contributed by atoms with E-state index >= 15 is 0 Å². The molecule has 0 bridgehead atoms. The van der Waals surface area contributed by atoms with Crippen molar-refractivity contribution in [1.29, 1.82) is 0 Å². The number of hydrogen-bond donors (Lipinski definition) is 2. The van der Waals surface area contributed by atoms with Gasteiger partial charge in [0.2, 0.25) is 0 Å². The van der Waals surface area contributed by atoms with Gasteiger partial charge in [-0.05, 0) is 43.8 Å². The molecule has 0 aliphatic heterocycles. The highest BCUT2D eigenvalue weighted by molar-refractivity contribution is 6.31. The van der Waals surface area contributed by atoms with E-state index in [9.17, 15) is 0 Å². The Kier molecular flexibility index (Phi) is 4.50. The number of nitrogen functional groups attached to an aromatic ring is 1. The molecule has 2 nitrogen and oxygen atoms in total. The number of hydrogen-bond acceptors (Lipinski definition) is 2. The molecule has 0 unspecified atom stereocenters. The second-order valence-corrected chi connectivity index (χ2v) is 3.55. The molecule has 0 saturated heterocycles. The van der Waals surface area contributed by atoms with Crippen LogP contribution in [0.5, 0.6) is 0 Å². The summed E-state index contributed by atoms with van der Waals surface area (Å²) in [5, 5.41) is 3.75. The summed E-state index contributed by atoms with van der Waals surface area (Å²) in [7, 11) is 1.94. The summed E-state index contributed by atoms with van der Waals surface area (Å²) in [6, 6.07) is 5.54. The van der Waals surface area contributed by atoms with Crippen molar-refractivity contribution in [3.05, 3.63) is 34.9 Å². The molecule has 0 atom stereocenters. The molecule has 0 spiro atoms. The van der Waals surface area contributed by atoms with Gasteiger partial charge in [0.05, 0.1) is 0 Å². The monoisotopic (exact) mass is 210 g/mol. The highest BCUT2D eigenvalue weighted by Gasteiger charge is 1.93. The Bertz CT molecular complexity index is 301. The van der Waals surface area contributed by atoms with Crippen LogP contribution < -0.4 is 11.1 Å². The van der Waals surface area contributed by atoms with E-state index in [4.69, 9.17) is 17.3 Å². The fourth-order valence-corrected chi connectivity index (χ4v) is 1.43. The van der Waals surface area contributed by atoms with Gasteiger partial charge < -0.3 is 11.1 Å². The van der Waals surface area contributed by atoms with Crippen LogP contribution in [0.15, 0.2) is 24.3 Å².